The molecule has 1 aromatic rings. The second-order valence-corrected chi connectivity index (χ2v) is 8.64. The van der Waals surface area contributed by atoms with Gasteiger partial charge in [-0.25, -0.2) is 9.79 Å². The Morgan fingerprint density at radius 3 is 2.52 bits per heavy atom. The summed E-state index contributed by atoms with van der Waals surface area (Å²) in [6, 6.07) is 7.57. The fraction of sp³-hybridized carbons (Fsp3) is 0.500. The highest BCUT2D eigenvalue weighted by Gasteiger charge is 2.47. The van der Waals surface area contributed by atoms with E-state index in [0.29, 0.717) is 35.4 Å². The van der Waals surface area contributed by atoms with Crippen LogP contribution in [0.1, 0.15) is 57.2 Å². The Kier molecular flexibility index (Phi) is 6.80. The predicted molar refractivity (Wildman–Crippen MR) is 115 cm³/mol. The average Bonchev–Trinajstić information content (AvgIpc) is 3.02. The molecule has 7 heteroatoms. The molecule has 2 heterocycles. The topological polar surface area (TPSA) is 68.2 Å². The van der Waals surface area contributed by atoms with Crippen LogP contribution in [0.3, 0.4) is 0 Å². The number of ether oxygens (including phenoxy) is 2. The average molecular weight is 417 g/mol. The van der Waals surface area contributed by atoms with E-state index in [1.165, 1.54) is 17.3 Å². The lowest BCUT2D eigenvalue weighted by atomic mass is 9.92. The van der Waals surface area contributed by atoms with Crippen LogP contribution in [0.2, 0.25) is 0 Å². The number of fused-ring (bicyclic) bond motifs is 1. The molecule has 1 amide bonds. The second kappa shape index (κ2) is 9.13. The maximum atomic E-state index is 13.1. The highest BCUT2D eigenvalue weighted by Crippen LogP contribution is 2.44. The first kappa shape index (κ1) is 21.6. The molecule has 2 aliphatic heterocycles. The predicted octanol–water partition coefficient (Wildman–Crippen LogP) is 4.04. The van der Waals surface area contributed by atoms with Crippen molar-refractivity contribution in [2.75, 3.05) is 20.3 Å². The normalized spacial score (nSPS) is 21.5. The van der Waals surface area contributed by atoms with Gasteiger partial charge >= 0.3 is 5.97 Å². The van der Waals surface area contributed by atoms with Crippen LogP contribution < -0.4 is 0 Å². The Morgan fingerprint density at radius 1 is 1.24 bits per heavy atom. The van der Waals surface area contributed by atoms with Gasteiger partial charge in [0.1, 0.15) is 6.61 Å². The molecule has 1 fully saturated rings. The fourth-order valence-electron chi connectivity index (χ4n) is 3.52. The van der Waals surface area contributed by atoms with Crippen molar-refractivity contribution >= 4 is 28.8 Å². The summed E-state index contributed by atoms with van der Waals surface area (Å²) in [5.41, 5.74) is 3.09. The second-order valence-electron chi connectivity index (χ2n) is 7.47. The van der Waals surface area contributed by atoms with Gasteiger partial charge in [-0.2, -0.15) is 0 Å². The van der Waals surface area contributed by atoms with E-state index >= 15 is 0 Å². The van der Waals surface area contributed by atoms with Crippen molar-refractivity contribution in [3.8, 4) is 0 Å². The zero-order chi connectivity index (χ0) is 21.1. The van der Waals surface area contributed by atoms with Gasteiger partial charge in [0.2, 0.25) is 5.91 Å². The van der Waals surface area contributed by atoms with E-state index in [0.717, 1.165) is 5.56 Å². The van der Waals surface area contributed by atoms with E-state index in [2.05, 4.69) is 31.0 Å². The van der Waals surface area contributed by atoms with Gasteiger partial charge in [-0.15, -0.1) is 0 Å². The molecular weight excluding hydrogens is 388 g/mol. The number of hydrogen-bond donors (Lipinski definition) is 0. The highest BCUT2D eigenvalue weighted by molar-refractivity contribution is 8.15. The standard InChI is InChI=1S/C22H28N2O4S/c1-6-17-20(25)24-19(16-9-7-15(8-10-16)13(2)3)18(14(4)23-22(24)29-17)21(26)28-12-11-27-5/h7-10,13,17,19H,6,11-12H2,1-5H3/t17-,19-/m1/s1. The maximum Gasteiger partial charge on any atom is 0.338 e. The van der Waals surface area contributed by atoms with Crippen LogP contribution in [0.5, 0.6) is 0 Å². The van der Waals surface area contributed by atoms with Crippen LogP contribution in [-0.2, 0) is 19.1 Å². The Bertz CT molecular complexity index is 845. The van der Waals surface area contributed by atoms with E-state index in [4.69, 9.17) is 9.47 Å². The summed E-state index contributed by atoms with van der Waals surface area (Å²) in [4.78, 5) is 32.3. The van der Waals surface area contributed by atoms with Crippen molar-refractivity contribution in [2.45, 2.75) is 51.3 Å². The monoisotopic (exact) mass is 416 g/mol. The van der Waals surface area contributed by atoms with Crippen molar-refractivity contribution in [1.29, 1.82) is 0 Å². The quantitative estimate of drug-likeness (QED) is 0.496. The van der Waals surface area contributed by atoms with E-state index in [1.54, 1.807) is 18.9 Å². The van der Waals surface area contributed by atoms with Crippen molar-refractivity contribution < 1.29 is 19.1 Å². The van der Waals surface area contributed by atoms with Crippen molar-refractivity contribution in [3.05, 3.63) is 46.7 Å². The summed E-state index contributed by atoms with van der Waals surface area (Å²) >= 11 is 1.47. The molecule has 0 saturated carbocycles. The highest BCUT2D eigenvalue weighted by atomic mass is 32.2. The molecule has 1 aromatic carbocycles. The van der Waals surface area contributed by atoms with Crippen LogP contribution in [-0.4, -0.2) is 47.5 Å². The number of nitrogens with zero attached hydrogens (tertiary/aromatic N) is 2. The molecule has 0 aromatic heterocycles. The number of carbonyl (C=O) groups excluding carboxylic acids is 2. The van der Waals surface area contributed by atoms with Gasteiger partial charge in [-0.3, -0.25) is 9.69 Å². The number of aliphatic imine (C=N–C) groups is 1. The van der Waals surface area contributed by atoms with Gasteiger partial charge < -0.3 is 9.47 Å². The maximum absolute atomic E-state index is 13.1. The summed E-state index contributed by atoms with van der Waals surface area (Å²) in [5.74, 6) is -0.0707. The number of methoxy groups -OCH3 is 1. The molecular formula is C22H28N2O4S. The third-order valence-corrected chi connectivity index (χ3v) is 6.50. The number of esters is 1. The van der Waals surface area contributed by atoms with E-state index < -0.39 is 12.0 Å². The number of amidine groups is 1. The molecule has 156 valence electrons. The van der Waals surface area contributed by atoms with Crippen LogP contribution >= 0.6 is 11.8 Å². The molecule has 0 unspecified atom stereocenters. The minimum Gasteiger partial charge on any atom is -0.460 e. The van der Waals surface area contributed by atoms with Gasteiger partial charge in [0.15, 0.2) is 5.17 Å². The Balaban J connectivity index is 2.03. The molecule has 6 nitrogen and oxygen atoms in total. The van der Waals surface area contributed by atoms with E-state index in [9.17, 15) is 9.59 Å². The van der Waals surface area contributed by atoms with Crippen LogP contribution in [0, 0.1) is 0 Å². The molecule has 29 heavy (non-hydrogen) atoms. The number of hydrogen-bond acceptors (Lipinski definition) is 6. The van der Waals surface area contributed by atoms with Gasteiger partial charge in [0.05, 0.1) is 29.2 Å². The Morgan fingerprint density at radius 2 is 1.93 bits per heavy atom. The first-order valence-corrected chi connectivity index (χ1v) is 10.8. The molecule has 0 aliphatic carbocycles. The summed E-state index contributed by atoms with van der Waals surface area (Å²) in [6.45, 7) is 8.53. The zero-order valence-electron chi connectivity index (χ0n) is 17.6. The molecule has 0 radical (unpaired) electrons. The third-order valence-electron chi connectivity index (χ3n) is 5.18. The number of thioether (sulfide) groups is 1. The van der Waals surface area contributed by atoms with Gasteiger partial charge in [-0.1, -0.05) is 56.8 Å². The minimum atomic E-state index is -0.532. The van der Waals surface area contributed by atoms with Crippen molar-refractivity contribution in [3.63, 3.8) is 0 Å². The Labute approximate surface area is 176 Å². The van der Waals surface area contributed by atoms with E-state index in [-0.39, 0.29) is 17.8 Å². The lowest BCUT2D eigenvalue weighted by Crippen LogP contribution is -2.41. The lowest BCUT2D eigenvalue weighted by molar-refractivity contribution is -0.141. The molecule has 0 spiro atoms. The number of amides is 1. The largest absolute Gasteiger partial charge is 0.460 e. The first-order valence-electron chi connectivity index (χ1n) is 9.94. The number of carbonyl (C=O) groups is 2. The van der Waals surface area contributed by atoms with Crippen molar-refractivity contribution in [2.24, 2.45) is 4.99 Å². The number of allylic oxidation sites excluding steroid dienone is 1. The fourth-order valence-corrected chi connectivity index (χ4v) is 4.66. The minimum absolute atomic E-state index is 0.0103. The van der Waals surface area contributed by atoms with Crippen LogP contribution in [0.15, 0.2) is 40.5 Å². The van der Waals surface area contributed by atoms with Crippen LogP contribution in [0.25, 0.3) is 0 Å². The molecule has 3 rings (SSSR count). The summed E-state index contributed by atoms with van der Waals surface area (Å²) in [7, 11) is 1.56. The van der Waals surface area contributed by atoms with Gasteiger partial charge in [-0.05, 0) is 30.4 Å². The number of rotatable bonds is 7. The number of benzene rings is 1. The van der Waals surface area contributed by atoms with Gasteiger partial charge in [0, 0.05) is 7.11 Å². The van der Waals surface area contributed by atoms with E-state index in [1.807, 2.05) is 19.1 Å². The molecule has 2 aliphatic rings. The first-order chi connectivity index (χ1) is 13.9. The SMILES string of the molecule is CC[C@H]1SC2=NC(C)=C(C(=O)OCCOC)[C@@H](c3ccc(C(C)C)cc3)N2C1=O. The zero-order valence-corrected chi connectivity index (χ0v) is 18.4. The molecule has 0 N–H and O–H groups in total. The lowest BCUT2D eigenvalue weighted by Gasteiger charge is -2.33. The smallest absolute Gasteiger partial charge is 0.338 e. The third kappa shape index (κ3) is 4.26. The molecule has 2 atom stereocenters. The van der Waals surface area contributed by atoms with Crippen LogP contribution in [0.4, 0.5) is 0 Å². The summed E-state index contributed by atoms with van der Waals surface area (Å²) < 4.78 is 10.4. The van der Waals surface area contributed by atoms with Crippen molar-refractivity contribution in [1.82, 2.24) is 4.90 Å². The Hall–Kier alpha value is -2.12. The van der Waals surface area contributed by atoms with Gasteiger partial charge in [0.25, 0.3) is 0 Å². The molecule has 0 bridgehead atoms. The summed E-state index contributed by atoms with van der Waals surface area (Å²) in [5, 5.41) is 0.480. The molecule has 1 saturated heterocycles. The summed E-state index contributed by atoms with van der Waals surface area (Å²) in [6.07, 6.45) is 0.713.